The quantitative estimate of drug-likeness (QED) is 0.0890. The lowest BCUT2D eigenvalue weighted by Crippen LogP contribution is -2.50. The first-order valence-corrected chi connectivity index (χ1v) is 20.8. The van der Waals surface area contributed by atoms with Crippen LogP contribution in [0.2, 0.25) is 25.7 Å². The number of alkyl halides is 6. The maximum atomic E-state index is 13.9. The topological polar surface area (TPSA) is 113 Å². The van der Waals surface area contributed by atoms with Gasteiger partial charge in [-0.1, -0.05) is 25.7 Å². The van der Waals surface area contributed by atoms with Crippen molar-refractivity contribution in [2.24, 2.45) is 0 Å². The lowest BCUT2D eigenvalue weighted by atomic mass is 10.1. The highest BCUT2D eigenvalue weighted by Crippen LogP contribution is 2.38. The fourth-order valence-electron chi connectivity index (χ4n) is 5.07. The number of nitrogens with one attached hydrogen (secondary N) is 2. The highest BCUT2D eigenvalue weighted by atomic mass is 32.2. The van der Waals surface area contributed by atoms with Gasteiger partial charge in [0.25, 0.3) is 0 Å². The largest absolute Gasteiger partial charge is 0.598 e. The van der Waals surface area contributed by atoms with Gasteiger partial charge in [0.15, 0.2) is 5.60 Å². The normalized spacial score (nSPS) is 19.3. The lowest BCUT2D eigenvalue weighted by Gasteiger charge is -2.36. The Morgan fingerprint density at radius 1 is 1.12 bits per heavy atom. The average Bonchev–Trinajstić information content (AvgIpc) is 3.50. The van der Waals surface area contributed by atoms with Crippen molar-refractivity contribution in [3.8, 4) is 0 Å². The first-order valence-electron chi connectivity index (χ1n) is 15.9. The Balaban J connectivity index is 2.16. The van der Waals surface area contributed by atoms with E-state index in [0.717, 1.165) is 24.8 Å². The second kappa shape index (κ2) is 15.3. The Morgan fingerprint density at radius 3 is 2.27 bits per heavy atom. The summed E-state index contributed by atoms with van der Waals surface area (Å²) in [6, 6.07) is 0.711. The van der Waals surface area contributed by atoms with E-state index >= 15 is 0 Å². The van der Waals surface area contributed by atoms with Crippen LogP contribution in [0.15, 0.2) is 18.2 Å². The molecule has 1 fully saturated rings. The number of hydrogen-bond acceptors (Lipinski definition) is 7. The number of imidazole rings is 1. The zero-order valence-electron chi connectivity index (χ0n) is 29.6. The molecule has 2 N–H and O–H groups in total. The summed E-state index contributed by atoms with van der Waals surface area (Å²) in [6.45, 7) is 14.5. The molecule has 0 spiro atoms. The molecule has 0 bridgehead atoms. The van der Waals surface area contributed by atoms with Gasteiger partial charge in [-0.25, -0.2) is 9.78 Å². The summed E-state index contributed by atoms with van der Waals surface area (Å²) < 4.78 is 116. The molecule has 0 saturated carbocycles. The number of urea groups is 1. The molecular formula is C31H49F6N5O5SSi. The average molecular weight is 746 g/mol. The number of methoxy groups -OCH3 is 1. The molecule has 1 aromatic heterocycles. The number of halogens is 6. The molecule has 0 aliphatic carbocycles. The Morgan fingerprint density at radius 2 is 1.76 bits per heavy atom. The lowest BCUT2D eigenvalue weighted by molar-refractivity contribution is -0.277. The predicted molar refractivity (Wildman–Crippen MR) is 178 cm³/mol. The van der Waals surface area contributed by atoms with Crippen LogP contribution in [0.3, 0.4) is 0 Å². The molecule has 3 rings (SSSR count). The Hall–Kier alpha value is -2.09. The van der Waals surface area contributed by atoms with Gasteiger partial charge in [-0.15, -0.1) is 4.72 Å². The van der Waals surface area contributed by atoms with Gasteiger partial charge in [0.2, 0.25) is 0 Å². The van der Waals surface area contributed by atoms with Gasteiger partial charge < -0.3 is 33.5 Å². The van der Waals surface area contributed by atoms with E-state index in [4.69, 9.17) is 19.2 Å². The number of rotatable bonds is 15. The summed E-state index contributed by atoms with van der Waals surface area (Å²) in [5.41, 5.74) is -1.32. The van der Waals surface area contributed by atoms with E-state index in [9.17, 15) is 35.7 Å². The van der Waals surface area contributed by atoms with Crippen molar-refractivity contribution < 1.29 is 49.9 Å². The monoisotopic (exact) mass is 745 g/mol. The summed E-state index contributed by atoms with van der Waals surface area (Å²) in [5, 5.41) is 1.97. The molecule has 10 nitrogen and oxygen atoms in total. The zero-order valence-corrected chi connectivity index (χ0v) is 31.5. The van der Waals surface area contributed by atoms with Crippen LogP contribution < -0.4 is 10.0 Å². The molecule has 2 aromatic rings. The van der Waals surface area contributed by atoms with Crippen LogP contribution in [0, 0.1) is 0 Å². The molecular weight excluding hydrogens is 697 g/mol. The van der Waals surface area contributed by atoms with E-state index in [1.165, 1.54) is 14.0 Å². The Bertz CT molecular complexity index is 1430. The van der Waals surface area contributed by atoms with E-state index in [0.29, 0.717) is 23.2 Å². The fourth-order valence-corrected chi connectivity index (χ4v) is 6.70. The number of aromatic nitrogens is 2. The summed E-state index contributed by atoms with van der Waals surface area (Å²) in [5.74, 6) is 0.183. The highest BCUT2D eigenvalue weighted by molar-refractivity contribution is 7.90. The number of amides is 2. The van der Waals surface area contributed by atoms with Crippen LogP contribution in [0.25, 0.3) is 11.0 Å². The summed E-state index contributed by atoms with van der Waals surface area (Å²) in [7, 11) is -0.124. The van der Waals surface area contributed by atoms with E-state index in [1.54, 1.807) is 43.5 Å². The summed E-state index contributed by atoms with van der Waals surface area (Å²) in [4.78, 5) is 18.5. The second-order valence-electron chi connectivity index (χ2n) is 15.0. The van der Waals surface area contributed by atoms with Gasteiger partial charge in [0.1, 0.15) is 29.4 Å². The zero-order chi connectivity index (χ0) is 37.3. The summed E-state index contributed by atoms with van der Waals surface area (Å²) >= 11 is -1.78. The molecule has 1 unspecified atom stereocenters. The first-order chi connectivity index (χ1) is 22.3. The van der Waals surface area contributed by atoms with E-state index in [-0.39, 0.29) is 19.2 Å². The highest BCUT2D eigenvalue weighted by Gasteiger charge is 2.51. The molecule has 49 heavy (non-hydrogen) atoms. The standard InChI is InChI=1S/C31H49F6N5O5SSi/c1-19(47-29(5,6)31(35,36)37)25(40-48(44)28(2,3)4)26-38-21-15-20(11-12-22(21)42(26)18-46-13-14-49(8,9)10)23(17-45-7)41-16-24(30(32,33)34)39-27(41)43/h11-12,15,19,23-25,40H,13-14,16-18H2,1-10H3,(H,39,43)/t19-,23-,24+,25+,48?/m1/s1. The smallest absolute Gasteiger partial charge is 0.416 e. The third-order valence-electron chi connectivity index (χ3n) is 8.14. The maximum absolute atomic E-state index is 13.9. The number of nitrogens with zero attached hydrogens (tertiary/aromatic N) is 3. The molecule has 18 heteroatoms. The molecule has 1 aromatic carbocycles. The van der Waals surface area contributed by atoms with Gasteiger partial charge in [-0.3, -0.25) is 0 Å². The third kappa shape index (κ3) is 10.5. The minimum Gasteiger partial charge on any atom is -0.598 e. The number of benzene rings is 1. The van der Waals surface area contributed by atoms with Crippen LogP contribution in [0.5, 0.6) is 0 Å². The van der Waals surface area contributed by atoms with Crippen LogP contribution in [-0.2, 0) is 32.3 Å². The minimum atomic E-state index is -4.71. The van der Waals surface area contributed by atoms with E-state index in [2.05, 4.69) is 24.4 Å². The molecule has 2 heterocycles. The van der Waals surface area contributed by atoms with Crippen molar-refractivity contribution in [2.75, 3.05) is 26.9 Å². The molecule has 2 amide bonds. The van der Waals surface area contributed by atoms with Gasteiger partial charge in [0, 0.05) is 33.2 Å². The molecule has 1 aliphatic heterocycles. The molecule has 1 saturated heterocycles. The number of ether oxygens (including phenoxy) is 3. The van der Waals surface area contributed by atoms with Gasteiger partial charge >= 0.3 is 18.4 Å². The van der Waals surface area contributed by atoms with Crippen molar-refractivity contribution in [1.82, 2.24) is 24.5 Å². The molecule has 1 aliphatic rings. The third-order valence-corrected chi connectivity index (χ3v) is 11.4. The molecule has 5 atom stereocenters. The SMILES string of the molecule is COC[C@H](c1ccc2c(c1)nc([C@@H](N[S+]([O-])C(C)(C)C)[C@@H](C)OC(C)(C)C(F)(F)F)n2COCC[Si](C)(C)C)N1C[C@@H](C(F)(F)F)NC1=O. The maximum Gasteiger partial charge on any atom is 0.416 e. The van der Waals surface area contributed by atoms with E-state index in [1.807, 2.05) is 5.32 Å². The van der Waals surface area contributed by atoms with Crippen LogP contribution >= 0.6 is 0 Å². The number of fused-ring (bicyclic) bond motifs is 1. The number of carbonyl (C=O) groups excluding carboxylic acids is 1. The van der Waals surface area contributed by atoms with Crippen molar-refractivity contribution in [1.29, 1.82) is 0 Å². The summed E-state index contributed by atoms with van der Waals surface area (Å²) in [6.07, 6.45) is -10.6. The predicted octanol–water partition coefficient (Wildman–Crippen LogP) is 6.83. The second-order valence-corrected chi connectivity index (χ2v) is 22.6. The fraction of sp³-hybridized carbons (Fsp3) is 0.742. The van der Waals surface area contributed by atoms with Crippen molar-refractivity contribution in [3.63, 3.8) is 0 Å². The van der Waals surface area contributed by atoms with Crippen molar-refractivity contribution in [2.45, 2.75) is 121 Å². The number of carbonyl (C=O) groups is 1. The van der Waals surface area contributed by atoms with Gasteiger partial charge in [-0.2, -0.15) is 26.3 Å². The van der Waals surface area contributed by atoms with Crippen LogP contribution in [0.4, 0.5) is 31.1 Å². The Kier molecular flexibility index (Phi) is 12.9. The van der Waals surface area contributed by atoms with E-state index < -0.39 is 78.9 Å². The Labute approximate surface area is 287 Å². The van der Waals surface area contributed by atoms with Crippen molar-refractivity contribution in [3.05, 3.63) is 29.6 Å². The van der Waals surface area contributed by atoms with Gasteiger partial charge in [0.05, 0.1) is 36.3 Å². The van der Waals surface area contributed by atoms with Crippen LogP contribution in [-0.4, -0.2) is 94.8 Å². The first kappa shape index (κ1) is 41.3. The van der Waals surface area contributed by atoms with Gasteiger partial charge in [-0.05, 0) is 65.3 Å². The number of hydrogen-bond donors (Lipinski definition) is 2. The molecule has 280 valence electrons. The minimum absolute atomic E-state index is 0.0470. The van der Waals surface area contributed by atoms with Crippen LogP contribution in [0.1, 0.15) is 65.0 Å². The molecule has 0 radical (unpaired) electrons. The van der Waals surface area contributed by atoms with Crippen molar-refractivity contribution >= 4 is 36.5 Å².